The molecule has 0 spiro atoms. The molecule has 4 heterocycles. The van der Waals surface area contributed by atoms with E-state index in [9.17, 15) is 0 Å². The Bertz CT molecular complexity index is 4340. The Morgan fingerprint density at radius 3 is 1.16 bits per heavy atom. The summed E-state index contributed by atoms with van der Waals surface area (Å²) in [7, 11) is 0. The van der Waals surface area contributed by atoms with E-state index in [4.69, 9.17) is 0 Å². The van der Waals surface area contributed by atoms with Crippen LogP contribution in [0.1, 0.15) is 18.4 Å². The van der Waals surface area contributed by atoms with Gasteiger partial charge >= 0.3 is 0 Å². The van der Waals surface area contributed by atoms with Gasteiger partial charge in [-0.05, 0) is 140 Å². The molecule has 1 aliphatic carbocycles. The highest BCUT2D eigenvalue weighted by atomic mass is 14.9. The van der Waals surface area contributed by atoms with Crippen molar-refractivity contribution in [2.75, 3.05) is 0 Å². The highest BCUT2D eigenvalue weighted by molar-refractivity contribution is 6.32. The minimum atomic E-state index is 1.05. The monoisotopic (exact) mass is 862 g/mol. The summed E-state index contributed by atoms with van der Waals surface area (Å²) in [6.45, 7) is 0. The molecule has 68 heavy (non-hydrogen) atoms. The fourth-order valence-electron chi connectivity index (χ4n) is 12.0. The predicted molar refractivity (Wildman–Crippen MR) is 289 cm³/mol. The van der Waals surface area contributed by atoms with Crippen molar-refractivity contribution in [3.8, 4) is 55.6 Å². The van der Waals surface area contributed by atoms with Crippen molar-refractivity contribution in [1.82, 2.24) is 8.80 Å². The summed E-state index contributed by atoms with van der Waals surface area (Å²) in [5, 5.41) is 10.3. The van der Waals surface area contributed by atoms with Gasteiger partial charge in [0.1, 0.15) is 0 Å². The van der Waals surface area contributed by atoms with Crippen molar-refractivity contribution >= 4 is 81.8 Å². The van der Waals surface area contributed by atoms with E-state index in [1.807, 2.05) is 0 Å². The third-order valence-electron chi connectivity index (χ3n) is 15.0. The van der Waals surface area contributed by atoms with Gasteiger partial charge in [-0.1, -0.05) is 170 Å². The van der Waals surface area contributed by atoms with E-state index in [-0.39, 0.29) is 0 Å². The van der Waals surface area contributed by atoms with Gasteiger partial charge in [0, 0.05) is 43.1 Å². The standard InChI is InChI=1S/C66H42N2/c1-5-17-41(18-6-1)45-33-46(42-19-7-2-8-20-42)36-49(35-45)51-29-31-53-57-39-62-58(40-61(57)67-59-27-15-13-25-55(59)63(51)65(53)67)54-32-30-52(64-56-26-14-16-28-60(56)68(62)66(54)64)50-37-47(43-21-9-3-10-22-43)34-48(38-50)44-23-11-4-12-24-44/h1-11,13-23,25-40H,12,24H2. The lowest BCUT2D eigenvalue weighted by Gasteiger charge is -2.15. The number of aromatic nitrogens is 2. The first-order valence-electron chi connectivity index (χ1n) is 23.9. The van der Waals surface area contributed by atoms with Crippen LogP contribution in [0.2, 0.25) is 0 Å². The number of para-hydroxylation sites is 2. The molecular weight excluding hydrogens is 821 g/mol. The van der Waals surface area contributed by atoms with Crippen LogP contribution < -0.4 is 0 Å². The summed E-state index contributed by atoms with van der Waals surface area (Å²) in [6, 6.07) is 79.4. The molecule has 2 nitrogen and oxygen atoms in total. The van der Waals surface area contributed by atoms with Crippen molar-refractivity contribution in [3.63, 3.8) is 0 Å². The highest BCUT2D eigenvalue weighted by Gasteiger charge is 2.26. The Morgan fingerprint density at radius 1 is 0.294 bits per heavy atom. The molecule has 15 rings (SSSR count). The number of hydrogen-bond acceptors (Lipinski definition) is 0. The molecule has 0 unspecified atom stereocenters. The maximum absolute atomic E-state index is 2.56. The van der Waals surface area contributed by atoms with Crippen molar-refractivity contribution in [2.24, 2.45) is 0 Å². The molecule has 10 aromatic carbocycles. The molecule has 0 amide bonds. The Balaban J connectivity index is 0.993. The molecule has 0 aliphatic heterocycles. The largest absolute Gasteiger partial charge is 0.308 e. The summed E-state index contributed by atoms with van der Waals surface area (Å²) in [6.07, 6.45) is 8.91. The van der Waals surface area contributed by atoms with Crippen molar-refractivity contribution in [3.05, 3.63) is 236 Å². The lowest BCUT2D eigenvalue weighted by atomic mass is 9.89. The molecule has 4 aromatic heterocycles. The summed E-state index contributed by atoms with van der Waals surface area (Å²) in [5.74, 6) is 0. The number of nitrogens with zero attached hydrogens (tertiary/aromatic N) is 2. The molecule has 0 saturated heterocycles. The van der Waals surface area contributed by atoms with Crippen LogP contribution in [0, 0.1) is 0 Å². The first-order valence-corrected chi connectivity index (χ1v) is 23.9. The average Bonchev–Trinajstić information content (AvgIpc) is 4.15. The topological polar surface area (TPSA) is 8.82 Å². The maximum atomic E-state index is 2.56. The van der Waals surface area contributed by atoms with Gasteiger partial charge in [0.05, 0.1) is 33.1 Å². The summed E-state index contributed by atoms with van der Waals surface area (Å²) in [5.41, 5.74) is 22.6. The zero-order valence-corrected chi connectivity index (χ0v) is 37.2. The number of allylic oxidation sites excluding steroid dienone is 4. The first-order chi connectivity index (χ1) is 33.7. The van der Waals surface area contributed by atoms with Crippen LogP contribution in [-0.4, -0.2) is 8.80 Å². The number of rotatable bonds is 6. The van der Waals surface area contributed by atoms with Gasteiger partial charge < -0.3 is 8.80 Å². The number of benzene rings is 10. The molecule has 2 heteroatoms. The zero-order valence-electron chi connectivity index (χ0n) is 37.2. The second kappa shape index (κ2) is 14.4. The van der Waals surface area contributed by atoms with E-state index in [1.54, 1.807) is 0 Å². The first kappa shape index (κ1) is 37.5. The van der Waals surface area contributed by atoms with Crippen LogP contribution in [0.4, 0.5) is 0 Å². The Kier molecular flexibility index (Phi) is 7.93. The van der Waals surface area contributed by atoms with Crippen molar-refractivity contribution in [1.29, 1.82) is 0 Å². The van der Waals surface area contributed by atoms with Crippen LogP contribution in [0.5, 0.6) is 0 Å². The molecule has 0 radical (unpaired) electrons. The van der Waals surface area contributed by atoms with Gasteiger partial charge in [0.25, 0.3) is 0 Å². The van der Waals surface area contributed by atoms with E-state index >= 15 is 0 Å². The molecule has 0 saturated carbocycles. The fraction of sp³-hybridized carbons (Fsp3) is 0.0303. The van der Waals surface area contributed by atoms with Crippen LogP contribution in [0.15, 0.2) is 231 Å². The fourth-order valence-corrected chi connectivity index (χ4v) is 12.0. The third kappa shape index (κ3) is 5.40. The molecule has 0 bridgehead atoms. The second-order valence-corrected chi connectivity index (χ2v) is 18.7. The van der Waals surface area contributed by atoms with E-state index in [0.29, 0.717) is 0 Å². The van der Waals surface area contributed by atoms with E-state index in [0.717, 1.165) is 12.8 Å². The van der Waals surface area contributed by atoms with Gasteiger partial charge in [-0.2, -0.15) is 0 Å². The van der Waals surface area contributed by atoms with Gasteiger partial charge in [-0.3, -0.25) is 0 Å². The molecule has 316 valence electrons. The number of hydrogen-bond donors (Lipinski definition) is 0. The SMILES string of the molecule is C1=CCCC(c2cc(-c3ccccc3)cc(-c3ccc4c5cc6c(cc5n5c7ccccc7c3c45)c3ccc(-c4cc(-c5ccccc5)cc(-c5ccccc5)c4)c4c5ccccc5n6c34)c2)=C1. The Labute approximate surface area is 393 Å². The minimum Gasteiger partial charge on any atom is -0.308 e. The zero-order chi connectivity index (χ0) is 44.5. The Hall–Kier alpha value is -8.72. The summed E-state index contributed by atoms with van der Waals surface area (Å²) in [4.78, 5) is 0. The van der Waals surface area contributed by atoms with Crippen LogP contribution in [0.3, 0.4) is 0 Å². The summed E-state index contributed by atoms with van der Waals surface area (Å²) < 4.78 is 5.12. The molecular formula is C66H42N2. The summed E-state index contributed by atoms with van der Waals surface area (Å²) >= 11 is 0. The normalized spacial score (nSPS) is 13.2. The highest BCUT2D eigenvalue weighted by Crippen LogP contribution is 2.49. The second-order valence-electron chi connectivity index (χ2n) is 18.7. The molecule has 0 fully saturated rings. The molecule has 0 atom stereocenters. The number of fused-ring (bicyclic) bond motifs is 12. The van der Waals surface area contributed by atoms with Gasteiger partial charge in [0.2, 0.25) is 0 Å². The smallest absolute Gasteiger partial charge is 0.0626 e. The predicted octanol–water partition coefficient (Wildman–Crippen LogP) is 18.1. The molecule has 0 N–H and O–H groups in total. The minimum absolute atomic E-state index is 1.05. The lowest BCUT2D eigenvalue weighted by Crippen LogP contribution is -1.92. The van der Waals surface area contributed by atoms with Crippen LogP contribution >= 0.6 is 0 Å². The Morgan fingerprint density at radius 2 is 0.706 bits per heavy atom. The third-order valence-corrected chi connectivity index (χ3v) is 15.0. The maximum Gasteiger partial charge on any atom is 0.0626 e. The van der Waals surface area contributed by atoms with E-state index in [1.165, 1.54) is 143 Å². The van der Waals surface area contributed by atoms with Crippen LogP contribution in [0.25, 0.3) is 137 Å². The molecule has 1 aliphatic rings. The van der Waals surface area contributed by atoms with Gasteiger partial charge in [-0.25, -0.2) is 0 Å². The van der Waals surface area contributed by atoms with Gasteiger partial charge in [-0.15, -0.1) is 0 Å². The lowest BCUT2D eigenvalue weighted by molar-refractivity contribution is 1.05. The van der Waals surface area contributed by atoms with E-state index < -0.39 is 0 Å². The van der Waals surface area contributed by atoms with Crippen molar-refractivity contribution < 1.29 is 0 Å². The molecule has 14 aromatic rings. The van der Waals surface area contributed by atoms with Crippen molar-refractivity contribution in [2.45, 2.75) is 12.8 Å². The average molecular weight is 863 g/mol. The van der Waals surface area contributed by atoms with Crippen LogP contribution in [-0.2, 0) is 0 Å². The quantitative estimate of drug-likeness (QED) is 0.157. The van der Waals surface area contributed by atoms with Gasteiger partial charge in [0.15, 0.2) is 0 Å². The van der Waals surface area contributed by atoms with E-state index in [2.05, 4.69) is 239 Å².